The first-order chi connectivity index (χ1) is 9.15. The molecule has 4 nitrogen and oxygen atoms in total. The van der Waals surface area contributed by atoms with Gasteiger partial charge in [0.05, 0.1) is 6.61 Å². The third-order valence-electron chi connectivity index (χ3n) is 3.74. The van der Waals surface area contributed by atoms with Crippen molar-refractivity contribution in [2.45, 2.75) is 45.4 Å². The first-order valence-corrected chi connectivity index (χ1v) is 7.23. The van der Waals surface area contributed by atoms with Gasteiger partial charge in [0.25, 0.3) is 0 Å². The zero-order chi connectivity index (χ0) is 13.8. The van der Waals surface area contributed by atoms with Crippen molar-refractivity contribution in [3.05, 3.63) is 22.7 Å². The number of nitrogens with zero attached hydrogens (tertiary/aromatic N) is 2. The van der Waals surface area contributed by atoms with Gasteiger partial charge in [-0.3, -0.25) is 0 Å². The second kappa shape index (κ2) is 6.33. The summed E-state index contributed by atoms with van der Waals surface area (Å²) in [5.41, 5.74) is 0.248. The molecule has 0 amide bonds. The van der Waals surface area contributed by atoms with Crippen LogP contribution in [-0.4, -0.2) is 22.5 Å². The van der Waals surface area contributed by atoms with Crippen LogP contribution in [0.5, 0.6) is 0 Å². The van der Waals surface area contributed by atoms with Gasteiger partial charge in [0.2, 0.25) is 0 Å². The zero-order valence-corrected chi connectivity index (χ0v) is 12.1. The maximum absolute atomic E-state index is 11.6. The third kappa shape index (κ3) is 3.24. The van der Waals surface area contributed by atoms with Crippen LogP contribution < -0.4 is 0 Å². The van der Waals surface area contributed by atoms with E-state index >= 15 is 0 Å². The number of esters is 1. The summed E-state index contributed by atoms with van der Waals surface area (Å²) in [6, 6.07) is 0. The smallest absolute Gasteiger partial charge is 0.342 e. The van der Waals surface area contributed by atoms with Gasteiger partial charge in [0.15, 0.2) is 0 Å². The molecule has 1 saturated carbocycles. The SMILES string of the molecule is CCOC(=O)c1cnc(C2CCC(CC)C2)nc1Cl. The van der Waals surface area contributed by atoms with Crippen molar-refractivity contribution in [3.8, 4) is 0 Å². The maximum atomic E-state index is 11.6. The summed E-state index contributed by atoms with van der Waals surface area (Å²) in [4.78, 5) is 20.2. The molecule has 0 radical (unpaired) electrons. The van der Waals surface area contributed by atoms with Gasteiger partial charge in [-0.25, -0.2) is 14.8 Å². The van der Waals surface area contributed by atoms with Gasteiger partial charge >= 0.3 is 5.97 Å². The van der Waals surface area contributed by atoms with Crippen molar-refractivity contribution in [1.82, 2.24) is 9.97 Å². The van der Waals surface area contributed by atoms with Crippen molar-refractivity contribution in [2.75, 3.05) is 6.61 Å². The predicted octanol–water partition coefficient (Wildman–Crippen LogP) is 3.60. The van der Waals surface area contributed by atoms with Crippen molar-refractivity contribution in [1.29, 1.82) is 0 Å². The average Bonchev–Trinajstić information content (AvgIpc) is 2.87. The van der Waals surface area contributed by atoms with Crippen LogP contribution in [0, 0.1) is 5.92 Å². The predicted molar refractivity (Wildman–Crippen MR) is 73.4 cm³/mol. The quantitative estimate of drug-likeness (QED) is 0.625. The lowest BCUT2D eigenvalue weighted by Gasteiger charge is -2.10. The van der Waals surface area contributed by atoms with Crippen LogP contribution in [0.15, 0.2) is 6.20 Å². The Hall–Kier alpha value is -1.16. The van der Waals surface area contributed by atoms with E-state index in [2.05, 4.69) is 16.9 Å². The fourth-order valence-corrected chi connectivity index (χ4v) is 2.81. The van der Waals surface area contributed by atoms with Gasteiger partial charge in [0.1, 0.15) is 16.5 Å². The molecule has 1 heterocycles. The summed E-state index contributed by atoms with van der Waals surface area (Å²) in [5.74, 6) is 1.43. The lowest BCUT2D eigenvalue weighted by molar-refractivity contribution is 0.0525. The molecule has 1 aromatic heterocycles. The number of hydrogen-bond donors (Lipinski definition) is 0. The van der Waals surface area contributed by atoms with Crippen molar-refractivity contribution in [2.24, 2.45) is 5.92 Å². The molecule has 5 heteroatoms. The molecule has 2 unspecified atom stereocenters. The molecule has 1 aromatic rings. The van der Waals surface area contributed by atoms with E-state index in [0.29, 0.717) is 12.5 Å². The largest absolute Gasteiger partial charge is 0.462 e. The number of rotatable bonds is 4. The first kappa shape index (κ1) is 14.3. The van der Waals surface area contributed by atoms with Crippen molar-refractivity contribution in [3.63, 3.8) is 0 Å². The van der Waals surface area contributed by atoms with Gasteiger partial charge in [-0.15, -0.1) is 0 Å². The molecule has 0 spiro atoms. The van der Waals surface area contributed by atoms with Crippen LogP contribution in [0.4, 0.5) is 0 Å². The lowest BCUT2D eigenvalue weighted by atomic mass is 10.0. The van der Waals surface area contributed by atoms with Crippen LogP contribution in [-0.2, 0) is 4.74 Å². The Bertz CT molecular complexity index is 465. The van der Waals surface area contributed by atoms with E-state index in [1.165, 1.54) is 19.0 Å². The number of aromatic nitrogens is 2. The van der Waals surface area contributed by atoms with Gasteiger partial charge in [0, 0.05) is 12.1 Å². The number of hydrogen-bond acceptors (Lipinski definition) is 4. The minimum Gasteiger partial charge on any atom is -0.462 e. The highest BCUT2D eigenvalue weighted by Crippen LogP contribution is 2.38. The topological polar surface area (TPSA) is 52.1 Å². The second-order valence-corrected chi connectivity index (χ2v) is 5.30. The van der Waals surface area contributed by atoms with Gasteiger partial charge in [-0.1, -0.05) is 24.9 Å². The molecule has 19 heavy (non-hydrogen) atoms. The molecule has 0 N–H and O–H groups in total. The first-order valence-electron chi connectivity index (χ1n) is 6.85. The minimum atomic E-state index is -0.461. The van der Waals surface area contributed by atoms with Gasteiger partial charge in [-0.05, 0) is 32.1 Å². The fraction of sp³-hybridized carbons (Fsp3) is 0.643. The molecule has 1 fully saturated rings. The van der Waals surface area contributed by atoms with E-state index in [1.54, 1.807) is 6.92 Å². The summed E-state index contributed by atoms with van der Waals surface area (Å²) in [5, 5.41) is 0.198. The molecule has 2 rings (SSSR count). The second-order valence-electron chi connectivity index (χ2n) is 4.94. The summed E-state index contributed by atoms with van der Waals surface area (Å²) >= 11 is 6.06. The number of halogens is 1. The average molecular weight is 283 g/mol. The van der Waals surface area contributed by atoms with Gasteiger partial charge in [-0.2, -0.15) is 0 Å². The van der Waals surface area contributed by atoms with E-state index in [0.717, 1.165) is 24.6 Å². The van der Waals surface area contributed by atoms with E-state index in [-0.39, 0.29) is 10.7 Å². The lowest BCUT2D eigenvalue weighted by Crippen LogP contribution is -2.10. The number of carbonyl (C=O) groups is 1. The molecule has 2 atom stereocenters. The standard InChI is InChI=1S/C14H19ClN2O2/c1-3-9-5-6-10(7-9)13-16-8-11(12(15)17-13)14(18)19-4-2/h8-10H,3-7H2,1-2H3. The maximum Gasteiger partial charge on any atom is 0.342 e. The van der Waals surface area contributed by atoms with Crippen LogP contribution >= 0.6 is 11.6 Å². The molecule has 1 aliphatic rings. The molecule has 0 saturated heterocycles. The highest BCUT2D eigenvalue weighted by Gasteiger charge is 2.27. The Morgan fingerprint density at radius 2 is 2.26 bits per heavy atom. The summed E-state index contributed by atoms with van der Waals surface area (Å²) < 4.78 is 4.91. The van der Waals surface area contributed by atoms with Crippen LogP contribution in [0.3, 0.4) is 0 Å². The van der Waals surface area contributed by atoms with Crippen LogP contribution in [0.1, 0.15) is 61.6 Å². The van der Waals surface area contributed by atoms with Crippen molar-refractivity contribution >= 4 is 17.6 Å². The Morgan fingerprint density at radius 3 is 2.84 bits per heavy atom. The van der Waals surface area contributed by atoms with Crippen LogP contribution in [0.2, 0.25) is 5.15 Å². The zero-order valence-electron chi connectivity index (χ0n) is 11.4. The highest BCUT2D eigenvalue weighted by atomic mass is 35.5. The normalized spacial score (nSPS) is 22.5. The Kier molecular flexibility index (Phi) is 4.75. The summed E-state index contributed by atoms with van der Waals surface area (Å²) in [6.07, 6.45) is 6.13. The molecule has 0 aromatic carbocycles. The van der Waals surface area contributed by atoms with Crippen molar-refractivity contribution < 1.29 is 9.53 Å². The fourth-order valence-electron chi connectivity index (χ4n) is 2.60. The Balaban J connectivity index is 2.13. The number of ether oxygens (including phenoxy) is 1. The van der Waals surface area contributed by atoms with Gasteiger partial charge < -0.3 is 4.74 Å². The number of carbonyl (C=O) groups excluding carboxylic acids is 1. The Morgan fingerprint density at radius 1 is 1.47 bits per heavy atom. The highest BCUT2D eigenvalue weighted by molar-refractivity contribution is 6.32. The van der Waals surface area contributed by atoms with E-state index in [9.17, 15) is 4.79 Å². The molecule has 1 aliphatic carbocycles. The monoisotopic (exact) mass is 282 g/mol. The van der Waals surface area contributed by atoms with Crippen LogP contribution in [0.25, 0.3) is 0 Å². The molecule has 104 valence electrons. The van der Waals surface area contributed by atoms with E-state index in [4.69, 9.17) is 16.3 Å². The van der Waals surface area contributed by atoms with E-state index < -0.39 is 5.97 Å². The summed E-state index contributed by atoms with van der Waals surface area (Å²) in [7, 11) is 0. The molecule has 0 bridgehead atoms. The Labute approximate surface area is 118 Å². The third-order valence-corrected chi connectivity index (χ3v) is 4.03. The minimum absolute atomic E-state index is 0.198. The molecular formula is C14H19ClN2O2. The van der Waals surface area contributed by atoms with E-state index in [1.807, 2.05) is 0 Å². The summed E-state index contributed by atoms with van der Waals surface area (Å²) in [6.45, 7) is 4.28. The molecule has 0 aliphatic heterocycles. The molecular weight excluding hydrogens is 264 g/mol.